The van der Waals surface area contributed by atoms with Gasteiger partial charge in [-0.2, -0.15) is 0 Å². The van der Waals surface area contributed by atoms with Gasteiger partial charge >= 0.3 is 29.8 Å². The van der Waals surface area contributed by atoms with E-state index in [1.165, 1.54) is 0 Å². The van der Waals surface area contributed by atoms with E-state index in [9.17, 15) is 28.8 Å². The van der Waals surface area contributed by atoms with Gasteiger partial charge in [-0.3, -0.25) is 0 Å². The summed E-state index contributed by atoms with van der Waals surface area (Å²) in [6.07, 6.45) is -1.11. The Hall–Kier alpha value is -2.33. The first-order chi connectivity index (χ1) is 21.7. The highest BCUT2D eigenvalue weighted by Crippen LogP contribution is 2.37. The first kappa shape index (κ1) is 40.8. The molecule has 0 aromatic rings. The molecule has 0 aliphatic carbocycles. The summed E-state index contributed by atoms with van der Waals surface area (Å²) in [6.45, 7) is 15.7. The largest absolute Gasteiger partial charge is 0.495 e. The number of amides is 2. The van der Waals surface area contributed by atoms with Crippen LogP contribution in [0.1, 0.15) is 68.2 Å². The van der Waals surface area contributed by atoms with Crippen LogP contribution in [-0.2, 0) is 27.8 Å². The third-order valence-electron chi connectivity index (χ3n) is 7.67. The summed E-state index contributed by atoms with van der Waals surface area (Å²) >= 11 is 0. The van der Waals surface area contributed by atoms with Crippen LogP contribution in [0, 0.1) is 16.2 Å². The van der Waals surface area contributed by atoms with Gasteiger partial charge in [0.05, 0.1) is 12.1 Å². The average molecular weight is 709 g/mol. The zero-order valence-electron chi connectivity index (χ0n) is 29.1. The number of alkyl carbamates (subject to hydrolysis) is 2. The zero-order chi connectivity index (χ0) is 35.5. The number of hydrogen-bond acceptors (Lipinski definition) is 14. The SMILES string of the molecule is CCO[Si](O)(O)CCCNC(=O)OCC(COC(=O)NCCC[Si](O)(O)OCC)(C1=N[C@@H](C(C)(C)C)CO1)C1=N[C@@H](C(C)(C)C)CO1. The number of carbonyl (C=O) groups excluding carboxylic acids is 2. The van der Waals surface area contributed by atoms with Crippen molar-refractivity contribution < 1.29 is 56.6 Å². The monoisotopic (exact) mass is 708 g/mol. The predicted molar refractivity (Wildman–Crippen MR) is 177 cm³/mol. The van der Waals surface area contributed by atoms with Gasteiger partial charge in [-0.1, -0.05) is 41.5 Å². The van der Waals surface area contributed by atoms with Crippen molar-refractivity contribution in [3.05, 3.63) is 0 Å². The molecule has 0 unspecified atom stereocenters. The second-order valence-corrected chi connectivity index (χ2v) is 18.5. The molecule has 0 bridgehead atoms. The second kappa shape index (κ2) is 17.4. The molecular formula is C29H56N4O12Si2. The van der Waals surface area contributed by atoms with Crippen molar-refractivity contribution in [2.75, 3.05) is 52.7 Å². The summed E-state index contributed by atoms with van der Waals surface area (Å²) in [6, 6.07) is -0.509. The van der Waals surface area contributed by atoms with E-state index in [0.717, 1.165) is 0 Å². The number of ether oxygens (including phenoxy) is 4. The standard InChI is InChI=1S/C29H56N4O12Si2/c1-9-44-46(36,37)15-11-13-30-25(34)42-19-29(23-32-21(17-40-23)27(3,4)5,24-33-22(18-41-24)28(6,7)8)20-43-26(35)31-14-12-16-47(38,39)45-10-2/h21-22,36-39H,9-20H2,1-8H3,(H,30,34)(H,31,35)/t21-,22-/m1/s1. The van der Waals surface area contributed by atoms with Gasteiger partial charge in [0.15, 0.2) is 5.41 Å². The van der Waals surface area contributed by atoms with Crippen LogP contribution >= 0.6 is 0 Å². The van der Waals surface area contributed by atoms with E-state index in [-0.39, 0.29) is 99.2 Å². The highest BCUT2D eigenvalue weighted by Gasteiger charge is 2.53. The summed E-state index contributed by atoms with van der Waals surface area (Å²) in [5.41, 5.74) is -2.06. The molecule has 2 aliphatic rings. The van der Waals surface area contributed by atoms with E-state index >= 15 is 0 Å². The van der Waals surface area contributed by atoms with E-state index in [0.29, 0.717) is 0 Å². The Balaban J connectivity index is 2.28. The molecule has 272 valence electrons. The van der Waals surface area contributed by atoms with E-state index in [1.54, 1.807) is 13.8 Å². The minimum Gasteiger partial charge on any atom is -0.478 e. The first-order valence-electron chi connectivity index (χ1n) is 16.2. The highest BCUT2D eigenvalue weighted by atomic mass is 28.4. The molecule has 0 saturated heterocycles. The van der Waals surface area contributed by atoms with Crippen LogP contribution in [-0.4, -0.2) is 126 Å². The fourth-order valence-electron chi connectivity index (χ4n) is 4.64. The minimum atomic E-state index is -3.79. The maximum Gasteiger partial charge on any atom is 0.495 e. The molecule has 0 aromatic carbocycles. The van der Waals surface area contributed by atoms with Crippen molar-refractivity contribution in [2.24, 2.45) is 26.2 Å². The van der Waals surface area contributed by atoms with Crippen LogP contribution in [0.5, 0.6) is 0 Å². The molecule has 2 rings (SSSR count). The summed E-state index contributed by atoms with van der Waals surface area (Å²) in [7, 11) is -7.58. The Morgan fingerprint density at radius 3 is 1.40 bits per heavy atom. The Bertz CT molecular complexity index is 1010. The molecule has 47 heavy (non-hydrogen) atoms. The van der Waals surface area contributed by atoms with Gasteiger partial charge in [-0.25, -0.2) is 19.6 Å². The summed E-state index contributed by atoms with van der Waals surface area (Å²) < 4.78 is 33.5. The lowest BCUT2D eigenvalue weighted by atomic mass is 9.86. The number of nitrogens with one attached hydrogen (secondary N) is 2. The van der Waals surface area contributed by atoms with E-state index < -0.39 is 48.4 Å². The van der Waals surface area contributed by atoms with Gasteiger partial charge in [0, 0.05) is 38.4 Å². The van der Waals surface area contributed by atoms with Crippen LogP contribution in [0.3, 0.4) is 0 Å². The Morgan fingerprint density at radius 1 is 0.745 bits per heavy atom. The maximum absolute atomic E-state index is 12.8. The van der Waals surface area contributed by atoms with Crippen molar-refractivity contribution in [3.63, 3.8) is 0 Å². The lowest BCUT2D eigenvalue weighted by Gasteiger charge is -2.31. The topological polar surface area (TPSA) is 219 Å². The van der Waals surface area contributed by atoms with Crippen molar-refractivity contribution in [3.8, 4) is 0 Å². The van der Waals surface area contributed by atoms with Gasteiger partial charge in [-0.05, 0) is 37.5 Å². The molecular weight excluding hydrogens is 653 g/mol. The third-order valence-corrected chi connectivity index (χ3v) is 11.2. The molecule has 2 heterocycles. The van der Waals surface area contributed by atoms with E-state index in [1.807, 2.05) is 41.5 Å². The quantitative estimate of drug-likeness (QED) is 0.0887. The van der Waals surface area contributed by atoms with Gasteiger partial charge < -0.3 is 57.6 Å². The lowest BCUT2D eigenvalue weighted by Crippen LogP contribution is -2.50. The highest BCUT2D eigenvalue weighted by molar-refractivity contribution is 6.58. The average Bonchev–Trinajstić information content (AvgIpc) is 3.65. The fraction of sp³-hybridized carbons (Fsp3) is 0.862. The molecule has 0 aromatic heterocycles. The van der Waals surface area contributed by atoms with Crippen LogP contribution in [0.15, 0.2) is 9.98 Å². The van der Waals surface area contributed by atoms with E-state index in [2.05, 4.69) is 10.6 Å². The summed E-state index contributed by atoms with van der Waals surface area (Å²) in [5.74, 6) is 0.319. The molecule has 2 aliphatic heterocycles. The number of carbonyl (C=O) groups is 2. The van der Waals surface area contributed by atoms with Crippen molar-refractivity contribution >= 4 is 41.6 Å². The van der Waals surface area contributed by atoms with Crippen LogP contribution < -0.4 is 10.6 Å². The molecule has 2 amide bonds. The zero-order valence-corrected chi connectivity index (χ0v) is 31.1. The molecule has 2 atom stereocenters. The molecule has 0 radical (unpaired) electrons. The molecule has 18 heteroatoms. The third kappa shape index (κ3) is 13.2. The molecule has 0 fully saturated rings. The molecule has 0 spiro atoms. The molecule has 16 nitrogen and oxygen atoms in total. The maximum atomic E-state index is 12.8. The van der Waals surface area contributed by atoms with Crippen LogP contribution in [0.2, 0.25) is 12.1 Å². The predicted octanol–water partition coefficient (Wildman–Crippen LogP) is 1.81. The van der Waals surface area contributed by atoms with Gasteiger partial charge in [0.1, 0.15) is 26.4 Å². The van der Waals surface area contributed by atoms with Crippen molar-refractivity contribution in [1.82, 2.24) is 10.6 Å². The van der Waals surface area contributed by atoms with E-state index in [4.69, 9.17) is 37.8 Å². The number of nitrogens with zero attached hydrogens (tertiary/aromatic N) is 2. The normalized spacial score (nSPS) is 19.0. The molecule has 6 N–H and O–H groups in total. The Morgan fingerprint density at radius 2 is 1.11 bits per heavy atom. The Kier molecular flexibility index (Phi) is 15.1. The minimum absolute atomic E-state index is 0.00288. The summed E-state index contributed by atoms with van der Waals surface area (Å²) in [4.78, 5) is 75.1. The van der Waals surface area contributed by atoms with Crippen molar-refractivity contribution in [2.45, 2.75) is 92.4 Å². The van der Waals surface area contributed by atoms with Crippen LogP contribution in [0.4, 0.5) is 9.59 Å². The number of aliphatic imine (C=N–C) groups is 2. The molecule has 0 saturated carbocycles. The van der Waals surface area contributed by atoms with Gasteiger partial charge in [0.25, 0.3) is 0 Å². The summed E-state index contributed by atoms with van der Waals surface area (Å²) in [5, 5.41) is 5.18. The lowest BCUT2D eigenvalue weighted by molar-refractivity contribution is 0.0691. The van der Waals surface area contributed by atoms with Crippen LogP contribution in [0.25, 0.3) is 0 Å². The fourth-order valence-corrected chi connectivity index (χ4v) is 7.13. The van der Waals surface area contributed by atoms with Crippen molar-refractivity contribution in [1.29, 1.82) is 0 Å². The number of rotatable bonds is 18. The Labute approximate surface area is 280 Å². The smallest absolute Gasteiger partial charge is 0.478 e. The van der Waals surface area contributed by atoms with Gasteiger partial charge in [-0.15, -0.1) is 0 Å². The number of hydrogen-bond donors (Lipinski definition) is 6. The van der Waals surface area contributed by atoms with Gasteiger partial charge in [0.2, 0.25) is 11.8 Å². The second-order valence-electron chi connectivity index (χ2n) is 13.9. The first-order valence-corrected chi connectivity index (χ1v) is 20.2.